The highest BCUT2D eigenvalue weighted by Crippen LogP contribution is 2.34. The summed E-state index contributed by atoms with van der Waals surface area (Å²) in [6.45, 7) is 5.95. The van der Waals surface area contributed by atoms with E-state index in [-0.39, 0.29) is 5.91 Å². The van der Waals surface area contributed by atoms with E-state index in [0.29, 0.717) is 29.4 Å². The summed E-state index contributed by atoms with van der Waals surface area (Å²) in [5.41, 5.74) is 1.37. The third kappa shape index (κ3) is 4.10. The fourth-order valence-corrected chi connectivity index (χ4v) is 3.35. The van der Waals surface area contributed by atoms with Crippen molar-refractivity contribution in [1.82, 2.24) is 0 Å². The Morgan fingerprint density at radius 2 is 2.17 bits per heavy atom. The number of hydrogen-bond acceptors (Lipinski definition) is 5. The average molecular weight is 333 g/mol. The van der Waals surface area contributed by atoms with E-state index in [9.17, 15) is 9.59 Å². The smallest absolute Gasteiger partial charge is 0.341 e. The lowest BCUT2D eigenvalue weighted by Gasteiger charge is -2.06. The van der Waals surface area contributed by atoms with Crippen LogP contribution >= 0.6 is 11.3 Å². The zero-order valence-corrected chi connectivity index (χ0v) is 14.2. The summed E-state index contributed by atoms with van der Waals surface area (Å²) in [7, 11) is 0. The molecule has 1 amide bonds. The van der Waals surface area contributed by atoms with Gasteiger partial charge in [0.15, 0.2) is 0 Å². The van der Waals surface area contributed by atoms with E-state index in [2.05, 4.69) is 5.32 Å². The Morgan fingerprint density at radius 3 is 2.78 bits per heavy atom. The molecule has 0 radical (unpaired) electrons. The van der Waals surface area contributed by atoms with E-state index in [1.165, 1.54) is 23.7 Å². The Morgan fingerprint density at radius 1 is 1.39 bits per heavy atom. The maximum absolute atomic E-state index is 12.2. The van der Waals surface area contributed by atoms with Crippen LogP contribution in [0.2, 0.25) is 0 Å². The highest BCUT2D eigenvalue weighted by molar-refractivity contribution is 7.16. The van der Waals surface area contributed by atoms with Crippen molar-refractivity contribution in [2.45, 2.75) is 27.2 Å². The van der Waals surface area contributed by atoms with Gasteiger partial charge in [-0.2, -0.15) is 0 Å². The first-order valence-corrected chi connectivity index (χ1v) is 8.20. The predicted octanol–water partition coefficient (Wildman–Crippen LogP) is 4.04. The third-order valence-electron chi connectivity index (χ3n) is 3.22. The van der Waals surface area contributed by atoms with Crippen LogP contribution < -0.4 is 5.32 Å². The van der Waals surface area contributed by atoms with Gasteiger partial charge in [-0.25, -0.2) is 4.79 Å². The molecule has 23 heavy (non-hydrogen) atoms. The van der Waals surface area contributed by atoms with Gasteiger partial charge in [-0.15, -0.1) is 11.3 Å². The quantitative estimate of drug-likeness (QED) is 0.640. The number of hydrogen-bond donors (Lipinski definition) is 1. The average Bonchev–Trinajstić information content (AvgIpc) is 3.12. The third-order valence-corrected chi connectivity index (χ3v) is 4.28. The molecule has 0 fully saturated rings. The van der Waals surface area contributed by atoms with Crippen molar-refractivity contribution < 1.29 is 18.7 Å². The van der Waals surface area contributed by atoms with Crippen LogP contribution in [0.1, 0.15) is 40.4 Å². The number of carbonyl (C=O) groups excluding carboxylic acids is 2. The van der Waals surface area contributed by atoms with Gasteiger partial charge in [-0.3, -0.25) is 4.79 Å². The fraction of sp³-hybridized carbons (Fsp3) is 0.294. The summed E-state index contributed by atoms with van der Waals surface area (Å²) < 4.78 is 10.2. The second-order valence-electron chi connectivity index (χ2n) is 4.75. The van der Waals surface area contributed by atoms with Crippen molar-refractivity contribution in [2.24, 2.45) is 0 Å². The fourth-order valence-electron chi connectivity index (χ4n) is 2.21. The van der Waals surface area contributed by atoms with Crippen LogP contribution in [-0.2, 0) is 16.0 Å². The largest absolute Gasteiger partial charge is 0.465 e. The molecule has 2 heterocycles. The highest BCUT2D eigenvalue weighted by atomic mass is 32.1. The number of amides is 1. The molecule has 2 aromatic heterocycles. The molecule has 2 rings (SSSR count). The second kappa shape index (κ2) is 7.78. The number of anilines is 1. The van der Waals surface area contributed by atoms with Gasteiger partial charge in [-0.1, -0.05) is 6.92 Å². The molecule has 5 nitrogen and oxygen atoms in total. The van der Waals surface area contributed by atoms with Crippen LogP contribution in [0.4, 0.5) is 5.00 Å². The number of ether oxygens (including phenoxy) is 1. The van der Waals surface area contributed by atoms with Crippen LogP contribution in [0.25, 0.3) is 6.08 Å². The number of aryl methyl sites for hydroxylation is 1. The first-order valence-electron chi connectivity index (χ1n) is 7.38. The highest BCUT2D eigenvalue weighted by Gasteiger charge is 2.22. The molecule has 6 heteroatoms. The second-order valence-corrected chi connectivity index (χ2v) is 5.98. The minimum atomic E-state index is -0.404. The maximum Gasteiger partial charge on any atom is 0.341 e. The summed E-state index contributed by atoms with van der Waals surface area (Å²) in [6, 6.07) is 3.49. The van der Waals surface area contributed by atoms with E-state index in [4.69, 9.17) is 9.15 Å². The van der Waals surface area contributed by atoms with E-state index >= 15 is 0 Å². The Kier molecular flexibility index (Phi) is 5.76. The topological polar surface area (TPSA) is 68.5 Å². The minimum absolute atomic E-state index is 0.294. The SMILES string of the molecule is CCOC(=O)c1c(NC(=O)/C=C/c2ccco2)sc(C)c1CC. The summed E-state index contributed by atoms with van der Waals surface area (Å²) >= 11 is 1.38. The number of rotatable bonds is 6. The van der Waals surface area contributed by atoms with Crippen molar-refractivity contribution in [2.75, 3.05) is 11.9 Å². The lowest BCUT2D eigenvalue weighted by atomic mass is 10.1. The van der Waals surface area contributed by atoms with Gasteiger partial charge in [-0.05, 0) is 44.0 Å². The summed E-state index contributed by atoms with van der Waals surface area (Å²) in [6.07, 6.45) is 5.18. The molecule has 0 aliphatic carbocycles. The predicted molar refractivity (Wildman–Crippen MR) is 90.8 cm³/mol. The Balaban J connectivity index is 2.21. The molecule has 0 aliphatic rings. The molecule has 0 bridgehead atoms. The van der Waals surface area contributed by atoms with Gasteiger partial charge in [0.1, 0.15) is 10.8 Å². The number of nitrogens with one attached hydrogen (secondary N) is 1. The van der Waals surface area contributed by atoms with Crippen molar-refractivity contribution >= 4 is 34.3 Å². The number of furan rings is 1. The summed E-state index contributed by atoms with van der Waals surface area (Å²) in [5.74, 6) is -0.141. The number of esters is 1. The summed E-state index contributed by atoms with van der Waals surface area (Å²) in [4.78, 5) is 25.2. The van der Waals surface area contributed by atoms with Gasteiger partial charge >= 0.3 is 5.97 Å². The van der Waals surface area contributed by atoms with E-state index < -0.39 is 5.97 Å². The van der Waals surface area contributed by atoms with Gasteiger partial charge in [0.05, 0.1) is 18.4 Å². The molecule has 0 saturated heterocycles. The van der Waals surface area contributed by atoms with Gasteiger partial charge in [0.2, 0.25) is 5.91 Å². The zero-order valence-electron chi connectivity index (χ0n) is 13.3. The molecule has 0 aliphatic heterocycles. The molecule has 0 unspecified atom stereocenters. The van der Waals surface area contributed by atoms with Crippen molar-refractivity contribution in [3.8, 4) is 0 Å². The Bertz CT molecular complexity index is 713. The van der Waals surface area contributed by atoms with Crippen LogP contribution in [0.5, 0.6) is 0 Å². The summed E-state index contributed by atoms with van der Waals surface area (Å²) in [5, 5.41) is 3.28. The number of carbonyl (C=O) groups is 2. The molecular formula is C17H19NO4S. The van der Waals surface area contributed by atoms with Gasteiger partial charge in [0.25, 0.3) is 0 Å². The molecule has 1 N–H and O–H groups in total. The molecule has 0 saturated carbocycles. The van der Waals surface area contributed by atoms with Gasteiger partial charge < -0.3 is 14.5 Å². The standard InChI is InChI=1S/C17H19NO4S/c1-4-13-11(3)23-16(15(13)17(20)21-5-2)18-14(19)9-8-12-7-6-10-22-12/h6-10H,4-5H2,1-3H3,(H,18,19)/b9-8+. The van der Waals surface area contributed by atoms with Crippen LogP contribution in [-0.4, -0.2) is 18.5 Å². The molecular weight excluding hydrogens is 314 g/mol. The van der Waals surface area contributed by atoms with Crippen molar-refractivity contribution in [1.29, 1.82) is 0 Å². The molecule has 0 aromatic carbocycles. The van der Waals surface area contributed by atoms with Crippen LogP contribution in [0.15, 0.2) is 28.9 Å². The lowest BCUT2D eigenvalue weighted by Crippen LogP contribution is -2.13. The van der Waals surface area contributed by atoms with Crippen LogP contribution in [0.3, 0.4) is 0 Å². The van der Waals surface area contributed by atoms with E-state index in [1.807, 2.05) is 13.8 Å². The lowest BCUT2D eigenvalue weighted by molar-refractivity contribution is -0.111. The normalized spacial score (nSPS) is 10.9. The minimum Gasteiger partial charge on any atom is -0.465 e. The Labute approximate surface area is 139 Å². The zero-order chi connectivity index (χ0) is 16.8. The molecule has 122 valence electrons. The molecule has 0 spiro atoms. The van der Waals surface area contributed by atoms with Crippen molar-refractivity contribution in [3.05, 3.63) is 46.2 Å². The van der Waals surface area contributed by atoms with E-state index in [0.717, 1.165) is 10.4 Å². The molecule has 0 atom stereocenters. The maximum atomic E-state index is 12.2. The van der Waals surface area contributed by atoms with Gasteiger partial charge in [0, 0.05) is 11.0 Å². The monoisotopic (exact) mass is 333 g/mol. The van der Waals surface area contributed by atoms with Crippen LogP contribution in [0, 0.1) is 6.92 Å². The first kappa shape index (κ1) is 17.0. The van der Waals surface area contributed by atoms with E-state index in [1.54, 1.807) is 25.1 Å². The first-order chi connectivity index (χ1) is 11.1. The number of thiophene rings is 1. The van der Waals surface area contributed by atoms with Crippen molar-refractivity contribution in [3.63, 3.8) is 0 Å². The molecule has 2 aromatic rings. The Hall–Kier alpha value is -2.34.